The summed E-state index contributed by atoms with van der Waals surface area (Å²) >= 11 is 12.7. The number of likely N-dealkylation sites (N-methyl/N-ethyl adjacent to an activating group) is 1. The highest BCUT2D eigenvalue weighted by atomic mass is 35.5. The van der Waals surface area contributed by atoms with Crippen molar-refractivity contribution < 1.29 is 14.3 Å². The van der Waals surface area contributed by atoms with Crippen LogP contribution in [0.1, 0.15) is 0 Å². The monoisotopic (exact) mass is 385 g/mol. The molecule has 1 aromatic carbocycles. The fraction of sp³-hybridized carbons (Fsp3) is 0.500. The first-order valence-corrected chi connectivity index (χ1v) is 9.09. The van der Waals surface area contributed by atoms with Crippen LogP contribution in [0.15, 0.2) is 24.3 Å². The maximum atomic E-state index is 13.0. The molecule has 3 fully saturated rings. The molecule has 0 aromatic heterocycles. The van der Waals surface area contributed by atoms with Gasteiger partial charge in [0.2, 0.25) is 0 Å². The van der Waals surface area contributed by atoms with Crippen LogP contribution in [-0.4, -0.2) is 78.3 Å². The van der Waals surface area contributed by atoms with Crippen molar-refractivity contribution in [2.24, 2.45) is 0 Å². The number of hydrogen-bond donors (Lipinski definition) is 0. The van der Waals surface area contributed by atoms with Crippen LogP contribution in [0, 0.1) is 0 Å². The third-order valence-corrected chi connectivity index (χ3v) is 5.77. The Morgan fingerprint density at radius 1 is 1.28 bits per heavy atom. The fourth-order valence-electron chi connectivity index (χ4n) is 3.92. The van der Waals surface area contributed by atoms with Gasteiger partial charge in [-0.25, -0.2) is 9.69 Å². The van der Waals surface area contributed by atoms with Crippen molar-refractivity contribution in [1.29, 1.82) is 0 Å². The van der Waals surface area contributed by atoms with Gasteiger partial charge in [0.25, 0.3) is 0 Å². The summed E-state index contributed by atoms with van der Waals surface area (Å²) in [6.07, 6.45) is -0.850. The Balaban J connectivity index is 1.77. The Hall–Kier alpha value is -1.22. The molecule has 1 aromatic rings. The molecule has 9 heteroatoms. The van der Waals surface area contributed by atoms with Gasteiger partial charge in [0, 0.05) is 26.2 Å². The lowest BCUT2D eigenvalue weighted by Crippen LogP contribution is -2.55. The molecule has 134 valence electrons. The minimum atomic E-state index is -0.607. The molecule has 3 saturated heterocycles. The molecule has 3 aliphatic rings. The van der Waals surface area contributed by atoms with E-state index in [0.29, 0.717) is 37.0 Å². The van der Waals surface area contributed by atoms with Crippen molar-refractivity contribution in [1.82, 2.24) is 19.4 Å². The zero-order valence-corrected chi connectivity index (χ0v) is 15.3. The minimum absolute atomic E-state index is 0.205. The van der Waals surface area contributed by atoms with Crippen molar-refractivity contribution in [3.63, 3.8) is 0 Å². The highest BCUT2D eigenvalue weighted by molar-refractivity contribution is 6.34. The molecule has 3 heterocycles. The second-order valence-corrected chi connectivity index (χ2v) is 7.07. The molecule has 0 bridgehead atoms. The third kappa shape index (κ3) is 2.27. The van der Waals surface area contributed by atoms with E-state index in [1.807, 2.05) is 11.1 Å². The van der Waals surface area contributed by atoms with Crippen molar-refractivity contribution in [2.75, 3.05) is 39.2 Å². The number of ether oxygens (including phenoxy) is 1. The SMILES string of the molecule is CN1C(=O)C2N(C(CCl)N3CCOCC3)[N+]2(c2ccccc2Cl)C1=O. The number of halogens is 2. The molecular weight excluding hydrogens is 367 g/mol. The van der Waals surface area contributed by atoms with Crippen LogP contribution in [-0.2, 0) is 9.53 Å². The van der Waals surface area contributed by atoms with Gasteiger partial charge < -0.3 is 4.74 Å². The van der Waals surface area contributed by atoms with Gasteiger partial charge in [-0.2, -0.15) is 0 Å². The number of fused-ring (bicyclic) bond motifs is 1. The molecular formula is C16H19Cl2N4O3+. The summed E-state index contributed by atoms with van der Waals surface area (Å²) in [6.45, 7) is 2.64. The van der Waals surface area contributed by atoms with Crippen molar-refractivity contribution in [2.45, 2.75) is 12.3 Å². The van der Waals surface area contributed by atoms with Gasteiger partial charge in [-0.05, 0) is 6.07 Å². The lowest BCUT2D eigenvalue weighted by Gasteiger charge is -2.33. The maximum Gasteiger partial charge on any atom is 0.452 e. The molecule has 0 spiro atoms. The van der Waals surface area contributed by atoms with Crippen LogP contribution in [0.5, 0.6) is 0 Å². The average Bonchev–Trinajstić information content (AvgIpc) is 3.26. The van der Waals surface area contributed by atoms with E-state index in [1.54, 1.807) is 18.2 Å². The first-order valence-electron chi connectivity index (χ1n) is 8.17. The number of benzene rings is 1. The number of alkyl halides is 1. The second-order valence-electron chi connectivity index (χ2n) is 6.35. The molecule has 0 saturated carbocycles. The van der Waals surface area contributed by atoms with E-state index in [9.17, 15) is 9.59 Å². The quantitative estimate of drug-likeness (QED) is 0.341. The second kappa shape index (κ2) is 6.19. The van der Waals surface area contributed by atoms with Crippen LogP contribution in [0.3, 0.4) is 0 Å². The minimum Gasteiger partial charge on any atom is -0.379 e. The molecule has 25 heavy (non-hydrogen) atoms. The van der Waals surface area contributed by atoms with Crippen molar-refractivity contribution >= 4 is 40.8 Å². The number of carbonyl (C=O) groups excluding carboxylic acids is 2. The zero-order valence-electron chi connectivity index (χ0n) is 13.8. The summed E-state index contributed by atoms with van der Waals surface area (Å²) in [4.78, 5) is 29.0. The Morgan fingerprint density at radius 3 is 2.60 bits per heavy atom. The number of hydrogen-bond acceptors (Lipinski definition) is 5. The van der Waals surface area contributed by atoms with Crippen LogP contribution in [0.25, 0.3) is 0 Å². The number of imide groups is 1. The number of para-hydroxylation sites is 1. The summed E-state index contributed by atoms with van der Waals surface area (Å²) in [5.41, 5.74) is 0.611. The molecule has 0 N–H and O–H groups in total. The molecule has 0 radical (unpaired) electrons. The maximum absolute atomic E-state index is 13.0. The fourth-order valence-corrected chi connectivity index (χ4v) is 4.52. The summed E-state index contributed by atoms with van der Waals surface area (Å²) in [5, 5.41) is 2.33. The summed E-state index contributed by atoms with van der Waals surface area (Å²) in [6, 6.07) is 6.86. The lowest BCUT2D eigenvalue weighted by atomic mass is 10.3. The Bertz CT molecular complexity index is 727. The smallest absolute Gasteiger partial charge is 0.379 e. The van der Waals surface area contributed by atoms with E-state index in [-0.39, 0.29) is 28.6 Å². The first kappa shape index (κ1) is 17.2. The van der Waals surface area contributed by atoms with Gasteiger partial charge >= 0.3 is 18.1 Å². The van der Waals surface area contributed by atoms with Crippen LogP contribution in [0.4, 0.5) is 10.5 Å². The molecule has 4 rings (SSSR count). The lowest BCUT2D eigenvalue weighted by molar-refractivity contribution is -0.127. The first-order chi connectivity index (χ1) is 12.0. The topological polar surface area (TPSA) is 52.9 Å². The molecule has 3 aliphatic heterocycles. The number of quaternary nitrogens is 1. The number of urea groups is 1. The van der Waals surface area contributed by atoms with Crippen LogP contribution < -0.4 is 4.59 Å². The highest BCUT2D eigenvalue weighted by Gasteiger charge is 2.85. The average molecular weight is 386 g/mol. The predicted octanol–water partition coefficient (Wildman–Crippen LogP) is 1.69. The molecule has 4 unspecified atom stereocenters. The predicted molar refractivity (Wildman–Crippen MR) is 93.9 cm³/mol. The normalized spacial score (nSPS) is 33.5. The number of amides is 3. The Labute approximate surface area is 155 Å². The van der Waals surface area contributed by atoms with Crippen molar-refractivity contribution in [3.8, 4) is 0 Å². The molecule has 7 nitrogen and oxygen atoms in total. The largest absolute Gasteiger partial charge is 0.452 e. The van der Waals surface area contributed by atoms with E-state index in [2.05, 4.69) is 4.90 Å². The van der Waals surface area contributed by atoms with Gasteiger partial charge in [0.1, 0.15) is 11.2 Å². The van der Waals surface area contributed by atoms with Gasteiger partial charge in [-0.3, -0.25) is 9.69 Å². The number of nitrogens with zero attached hydrogens (tertiary/aromatic N) is 4. The number of carbonyl (C=O) groups is 2. The van der Waals surface area contributed by atoms with Crippen molar-refractivity contribution in [3.05, 3.63) is 29.3 Å². The van der Waals surface area contributed by atoms with E-state index >= 15 is 0 Å². The summed E-state index contributed by atoms with van der Waals surface area (Å²) < 4.78 is 5.20. The Morgan fingerprint density at radius 2 is 1.96 bits per heavy atom. The van der Waals surface area contributed by atoms with E-state index in [1.165, 1.54) is 11.9 Å². The molecule has 4 atom stereocenters. The van der Waals surface area contributed by atoms with E-state index < -0.39 is 6.17 Å². The summed E-state index contributed by atoms with van der Waals surface area (Å²) in [5.74, 6) is 0.0545. The zero-order chi connectivity index (χ0) is 17.8. The van der Waals surface area contributed by atoms with Crippen LogP contribution in [0.2, 0.25) is 5.02 Å². The van der Waals surface area contributed by atoms with Gasteiger partial charge in [-0.15, -0.1) is 11.6 Å². The van der Waals surface area contributed by atoms with E-state index in [4.69, 9.17) is 27.9 Å². The number of morpholine rings is 1. The number of rotatable bonds is 4. The highest BCUT2D eigenvalue weighted by Crippen LogP contribution is 2.54. The van der Waals surface area contributed by atoms with Gasteiger partial charge in [0.05, 0.1) is 19.1 Å². The van der Waals surface area contributed by atoms with Gasteiger partial charge in [-0.1, -0.05) is 33.3 Å². The van der Waals surface area contributed by atoms with Gasteiger partial charge in [0.15, 0.2) is 5.69 Å². The molecule has 3 amide bonds. The Kier molecular flexibility index (Phi) is 4.26. The third-order valence-electron chi connectivity index (χ3n) is 5.17. The molecule has 0 aliphatic carbocycles. The summed E-state index contributed by atoms with van der Waals surface area (Å²) in [7, 11) is 1.51. The van der Waals surface area contributed by atoms with Crippen LogP contribution >= 0.6 is 23.2 Å². The van der Waals surface area contributed by atoms with E-state index in [0.717, 1.165) is 0 Å². The standard InChI is InChI=1S/C16H19Cl2N4O3/c1-19-15(23)14-21(13(10-17)20-6-8-25-9-7-20)22(14,16(19)24)12-5-3-2-4-11(12)18/h2-5,13-14H,6-10H2,1H3/q+1.